The molecule has 0 fully saturated rings. The van der Waals surface area contributed by atoms with Gasteiger partial charge in [0.2, 0.25) is 0 Å². The lowest BCUT2D eigenvalue weighted by molar-refractivity contribution is 0.488. The zero-order valence-electron chi connectivity index (χ0n) is 10.2. The first-order chi connectivity index (χ1) is 7.77. The molecule has 0 aliphatic rings. The van der Waals surface area contributed by atoms with Crippen LogP contribution in [0.4, 0.5) is 0 Å². The van der Waals surface area contributed by atoms with Crippen LogP contribution < -0.4 is 5.32 Å². The Hall–Kier alpha value is -1.22. The molecule has 0 amide bonds. The molecular weight excluding hydrogens is 198 g/mol. The largest absolute Gasteiger partial charge is 0.309 e. The molecule has 1 aromatic rings. The average Bonchev–Trinajstić information content (AvgIpc) is 2.29. The third kappa shape index (κ3) is 4.11. The lowest BCUT2D eigenvalue weighted by Crippen LogP contribution is -2.22. The van der Waals surface area contributed by atoms with Crippen molar-refractivity contribution in [3.8, 4) is 0 Å². The van der Waals surface area contributed by atoms with Gasteiger partial charge in [0, 0.05) is 6.20 Å². The summed E-state index contributed by atoms with van der Waals surface area (Å²) in [4.78, 5) is 8.71. The second kappa shape index (κ2) is 7.12. The number of hydrogen-bond donors (Lipinski definition) is 1. The van der Waals surface area contributed by atoms with Crippen LogP contribution in [0.2, 0.25) is 0 Å². The summed E-state index contributed by atoms with van der Waals surface area (Å²) in [6.07, 6.45) is 8.93. The Balaban J connectivity index is 2.60. The van der Waals surface area contributed by atoms with E-state index in [4.69, 9.17) is 0 Å². The minimum Gasteiger partial charge on any atom is -0.309 e. The van der Waals surface area contributed by atoms with Crippen molar-refractivity contribution in [3.05, 3.63) is 36.4 Å². The highest BCUT2D eigenvalue weighted by atomic mass is 14.9. The molecule has 1 aromatic heterocycles. The molecule has 1 heterocycles. The monoisotopic (exact) mass is 219 g/mol. The summed E-state index contributed by atoms with van der Waals surface area (Å²) >= 11 is 0. The van der Waals surface area contributed by atoms with Gasteiger partial charge >= 0.3 is 0 Å². The summed E-state index contributed by atoms with van der Waals surface area (Å²) in [7, 11) is 0. The zero-order valence-corrected chi connectivity index (χ0v) is 10.2. The highest BCUT2D eigenvalue weighted by molar-refractivity contribution is 5.05. The molecule has 0 spiro atoms. The number of unbranched alkanes of at least 4 members (excludes halogenated alkanes) is 1. The SMILES string of the molecule is C=CCCCC(NCC)c1cnc(C)cn1. The first kappa shape index (κ1) is 12.8. The minimum atomic E-state index is 0.318. The Labute approximate surface area is 98.0 Å². The molecule has 1 atom stereocenters. The van der Waals surface area contributed by atoms with Gasteiger partial charge in [-0.05, 0) is 32.7 Å². The maximum Gasteiger partial charge on any atom is 0.0756 e. The van der Waals surface area contributed by atoms with Gasteiger partial charge in [-0.3, -0.25) is 9.97 Å². The van der Waals surface area contributed by atoms with Gasteiger partial charge in [0.05, 0.1) is 23.6 Å². The van der Waals surface area contributed by atoms with Crippen LogP contribution in [0.3, 0.4) is 0 Å². The van der Waals surface area contributed by atoms with E-state index in [2.05, 4.69) is 28.8 Å². The third-order valence-corrected chi connectivity index (χ3v) is 2.51. The number of aryl methyl sites for hydroxylation is 1. The standard InChI is InChI=1S/C13H21N3/c1-4-6-7-8-12(14-5-2)13-10-15-11(3)9-16-13/h4,9-10,12,14H,1,5-8H2,2-3H3. The molecular formula is C13H21N3. The van der Waals surface area contributed by atoms with E-state index in [1.54, 1.807) is 0 Å². The van der Waals surface area contributed by atoms with Crippen molar-refractivity contribution >= 4 is 0 Å². The summed E-state index contributed by atoms with van der Waals surface area (Å²) < 4.78 is 0. The molecule has 0 aliphatic heterocycles. The Kier molecular flexibility index (Phi) is 5.72. The smallest absolute Gasteiger partial charge is 0.0756 e. The molecule has 0 bridgehead atoms. The average molecular weight is 219 g/mol. The lowest BCUT2D eigenvalue weighted by Gasteiger charge is -2.16. The minimum absolute atomic E-state index is 0.318. The molecule has 0 saturated heterocycles. The molecule has 16 heavy (non-hydrogen) atoms. The van der Waals surface area contributed by atoms with E-state index in [0.717, 1.165) is 37.2 Å². The molecule has 1 unspecified atom stereocenters. The number of allylic oxidation sites excluding steroid dienone is 1. The first-order valence-corrected chi connectivity index (χ1v) is 5.90. The van der Waals surface area contributed by atoms with Crippen molar-refractivity contribution in [1.29, 1.82) is 0 Å². The molecule has 0 aliphatic carbocycles. The molecule has 3 heteroatoms. The molecule has 0 saturated carbocycles. The fourth-order valence-corrected chi connectivity index (χ4v) is 1.65. The van der Waals surface area contributed by atoms with Gasteiger partial charge in [0.25, 0.3) is 0 Å². The third-order valence-electron chi connectivity index (χ3n) is 2.51. The van der Waals surface area contributed by atoms with Crippen LogP contribution in [-0.4, -0.2) is 16.5 Å². The zero-order chi connectivity index (χ0) is 11.8. The van der Waals surface area contributed by atoms with E-state index in [0.29, 0.717) is 6.04 Å². The Morgan fingerprint density at radius 3 is 2.81 bits per heavy atom. The van der Waals surface area contributed by atoms with Crippen molar-refractivity contribution in [2.45, 2.75) is 39.2 Å². The van der Waals surface area contributed by atoms with Gasteiger partial charge in [0.1, 0.15) is 0 Å². The molecule has 0 aromatic carbocycles. The molecule has 88 valence electrons. The molecule has 1 N–H and O–H groups in total. The van der Waals surface area contributed by atoms with Crippen LogP contribution in [0.15, 0.2) is 25.0 Å². The van der Waals surface area contributed by atoms with E-state index in [1.165, 1.54) is 0 Å². The van der Waals surface area contributed by atoms with Crippen LogP contribution in [0.1, 0.15) is 43.6 Å². The second-order valence-electron chi connectivity index (χ2n) is 3.91. The van der Waals surface area contributed by atoms with E-state index in [9.17, 15) is 0 Å². The van der Waals surface area contributed by atoms with E-state index in [-0.39, 0.29) is 0 Å². The van der Waals surface area contributed by atoms with Crippen molar-refractivity contribution in [2.75, 3.05) is 6.54 Å². The van der Waals surface area contributed by atoms with Crippen molar-refractivity contribution in [3.63, 3.8) is 0 Å². The van der Waals surface area contributed by atoms with E-state index in [1.807, 2.05) is 25.4 Å². The lowest BCUT2D eigenvalue weighted by atomic mass is 10.1. The Bertz CT molecular complexity index is 305. The second-order valence-corrected chi connectivity index (χ2v) is 3.91. The summed E-state index contributed by atoms with van der Waals surface area (Å²) in [5, 5.41) is 3.44. The number of nitrogens with zero attached hydrogens (tertiary/aromatic N) is 2. The summed E-state index contributed by atoms with van der Waals surface area (Å²) in [5.41, 5.74) is 2.00. The fraction of sp³-hybridized carbons (Fsp3) is 0.538. The maximum absolute atomic E-state index is 4.43. The highest BCUT2D eigenvalue weighted by Crippen LogP contribution is 2.16. The van der Waals surface area contributed by atoms with Crippen molar-refractivity contribution in [2.24, 2.45) is 0 Å². The molecule has 0 radical (unpaired) electrons. The Morgan fingerprint density at radius 1 is 1.44 bits per heavy atom. The van der Waals surface area contributed by atoms with Crippen LogP contribution in [0.5, 0.6) is 0 Å². The molecule has 3 nitrogen and oxygen atoms in total. The van der Waals surface area contributed by atoms with Crippen molar-refractivity contribution < 1.29 is 0 Å². The summed E-state index contributed by atoms with van der Waals surface area (Å²) in [6, 6.07) is 0.318. The number of rotatable bonds is 7. The predicted molar refractivity (Wildman–Crippen MR) is 67.2 cm³/mol. The van der Waals surface area contributed by atoms with Crippen molar-refractivity contribution in [1.82, 2.24) is 15.3 Å². The van der Waals surface area contributed by atoms with Crippen LogP contribution in [0.25, 0.3) is 0 Å². The van der Waals surface area contributed by atoms with E-state index >= 15 is 0 Å². The van der Waals surface area contributed by atoms with Gasteiger partial charge in [-0.25, -0.2) is 0 Å². The normalized spacial score (nSPS) is 12.4. The number of aromatic nitrogens is 2. The number of hydrogen-bond acceptors (Lipinski definition) is 3. The topological polar surface area (TPSA) is 37.8 Å². The summed E-state index contributed by atoms with van der Waals surface area (Å²) in [5.74, 6) is 0. The maximum atomic E-state index is 4.43. The van der Waals surface area contributed by atoms with Crippen LogP contribution in [-0.2, 0) is 0 Å². The molecule has 1 rings (SSSR count). The predicted octanol–water partition coefficient (Wildman–Crippen LogP) is 2.79. The number of nitrogens with one attached hydrogen (secondary N) is 1. The van der Waals surface area contributed by atoms with Gasteiger partial charge in [-0.2, -0.15) is 0 Å². The van der Waals surface area contributed by atoms with Gasteiger partial charge < -0.3 is 5.32 Å². The van der Waals surface area contributed by atoms with Crippen LogP contribution >= 0.6 is 0 Å². The summed E-state index contributed by atoms with van der Waals surface area (Å²) in [6.45, 7) is 8.76. The van der Waals surface area contributed by atoms with E-state index < -0.39 is 0 Å². The Morgan fingerprint density at radius 2 is 2.25 bits per heavy atom. The van der Waals surface area contributed by atoms with Gasteiger partial charge in [0.15, 0.2) is 0 Å². The van der Waals surface area contributed by atoms with Gasteiger partial charge in [-0.1, -0.05) is 13.0 Å². The van der Waals surface area contributed by atoms with Gasteiger partial charge in [-0.15, -0.1) is 6.58 Å². The van der Waals surface area contributed by atoms with Crippen LogP contribution in [0, 0.1) is 6.92 Å². The first-order valence-electron chi connectivity index (χ1n) is 5.90. The highest BCUT2D eigenvalue weighted by Gasteiger charge is 2.10. The quantitative estimate of drug-likeness (QED) is 0.566. The fourth-order valence-electron chi connectivity index (χ4n) is 1.65.